The number of alkyl carbamates (subject to hydrolysis) is 1. The second-order valence-electron chi connectivity index (χ2n) is 9.83. The number of aliphatic carboxylic acids is 1. The molecule has 0 spiro atoms. The lowest BCUT2D eigenvalue weighted by Gasteiger charge is -2.21. The van der Waals surface area contributed by atoms with Crippen LogP contribution in [0.4, 0.5) is 4.79 Å². The molecular weight excluding hydrogens is 454 g/mol. The second-order valence-corrected chi connectivity index (χ2v) is 11.0. The fraction of sp³-hybridized carbons (Fsp3) is 0.885. The molecular formula is C26H49NO6S. The van der Waals surface area contributed by atoms with Crippen molar-refractivity contribution in [1.29, 1.82) is 0 Å². The van der Waals surface area contributed by atoms with E-state index >= 15 is 0 Å². The highest BCUT2D eigenvalue weighted by Crippen LogP contribution is 2.13. The summed E-state index contributed by atoms with van der Waals surface area (Å²) in [6.07, 6.45) is 16.1. The monoisotopic (exact) mass is 503 g/mol. The van der Waals surface area contributed by atoms with Gasteiger partial charge in [0, 0.05) is 17.9 Å². The summed E-state index contributed by atoms with van der Waals surface area (Å²) in [5, 5.41) is 11.6. The number of unbranched alkanes of at least 4 members (excludes halogenated alkanes) is 12. The van der Waals surface area contributed by atoms with Gasteiger partial charge in [-0.2, -0.15) is 11.8 Å². The molecule has 0 bridgehead atoms. The molecule has 7 nitrogen and oxygen atoms in total. The average molecular weight is 504 g/mol. The van der Waals surface area contributed by atoms with Crippen molar-refractivity contribution in [3.8, 4) is 0 Å². The summed E-state index contributed by atoms with van der Waals surface area (Å²) in [5.41, 5.74) is -0.693. The number of thioether (sulfide) groups is 1. The SMILES string of the molecule is CCCCCCCCCCCCCCCC(=O)OCCSC[C@H](NC(=O)OC(C)(C)C)C(=O)O. The number of nitrogens with one attached hydrogen (secondary N) is 1. The Kier molecular flexibility index (Phi) is 20.0. The van der Waals surface area contributed by atoms with Gasteiger partial charge < -0.3 is 19.9 Å². The summed E-state index contributed by atoms with van der Waals surface area (Å²) in [6, 6.07) is -1.05. The predicted octanol–water partition coefficient (Wildman–Crippen LogP) is 6.72. The standard InChI is InChI=1S/C26H49NO6S/c1-5-6-7-8-9-10-11-12-13-14-15-16-17-18-23(28)32-19-20-34-21-22(24(29)30)27-25(31)33-26(2,3)4/h22H,5-21H2,1-4H3,(H,27,31)(H,29,30)/t22-/m0/s1. The molecule has 0 saturated carbocycles. The zero-order chi connectivity index (χ0) is 25.7. The third-order valence-corrected chi connectivity index (χ3v) is 6.27. The molecule has 0 saturated heterocycles. The van der Waals surface area contributed by atoms with Crippen LogP contribution >= 0.6 is 11.8 Å². The minimum atomic E-state index is -1.13. The van der Waals surface area contributed by atoms with Crippen molar-refractivity contribution in [2.45, 2.75) is 129 Å². The first kappa shape index (κ1) is 32.6. The van der Waals surface area contributed by atoms with E-state index in [1.807, 2.05) is 0 Å². The number of ether oxygens (including phenoxy) is 2. The average Bonchev–Trinajstić information content (AvgIpc) is 2.74. The minimum absolute atomic E-state index is 0.172. The minimum Gasteiger partial charge on any atom is -0.480 e. The van der Waals surface area contributed by atoms with Crippen molar-refractivity contribution >= 4 is 29.8 Å². The normalized spacial score (nSPS) is 12.2. The molecule has 1 amide bonds. The summed E-state index contributed by atoms with van der Waals surface area (Å²) >= 11 is 1.31. The number of carbonyl (C=O) groups is 3. The van der Waals surface area contributed by atoms with Crippen LogP contribution in [0.25, 0.3) is 0 Å². The highest BCUT2D eigenvalue weighted by molar-refractivity contribution is 7.99. The molecule has 0 aromatic heterocycles. The second kappa shape index (κ2) is 20.9. The van der Waals surface area contributed by atoms with Crippen LogP contribution in [0.3, 0.4) is 0 Å². The predicted molar refractivity (Wildman–Crippen MR) is 139 cm³/mol. The zero-order valence-electron chi connectivity index (χ0n) is 22.0. The van der Waals surface area contributed by atoms with Gasteiger partial charge in [0.2, 0.25) is 0 Å². The Labute approximate surface area is 211 Å². The van der Waals surface area contributed by atoms with Gasteiger partial charge in [-0.1, -0.05) is 84.0 Å². The maximum atomic E-state index is 11.8. The highest BCUT2D eigenvalue weighted by Gasteiger charge is 2.23. The van der Waals surface area contributed by atoms with Crippen molar-refractivity contribution < 1.29 is 29.0 Å². The fourth-order valence-corrected chi connectivity index (χ4v) is 4.23. The van der Waals surface area contributed by atoms with Crippen molar-refractivity contribution in [3.63, 3.8) is 0 Å². The Morgan fingerprint density at radius 2 is 1.35 bits per heavy atom. The molecule has 0 aliphatic heterocycles. The van der Waals surface area contributed by atoms with Gasteiger partial charge in [-0.3, -0.25) is 4.79 Å². The van der Waals surface area contributed by atoms with Crippen LogP contribution in [0.2, 0.25) is 0 Å². The van der Waals surface area contributed by atoms with Gasteiger partial charge in [0.15, 0.2) is 0 Å². The van der Waals surface area contributed by atoms with Gasteiger partial charge in [0.25, 0.3) is 0 Å². The van der Waals surface area contributed by atoms with Crippen LogP contribution in [-0.4, -0.2) is 52.9 Å². The van der Waals surface area contributed by atoms with Gasteiger partial charge in [-0.15, -0.1) is 0 Å². The molecule has 0 unspecified atom stereocenters. The molecule has 0 rings (SSSR count). The summed E-state index contributed by atoms with van der Waals surface area (Å²) in [5.74, 6) is -0.683. The molecule has 0 aromatic carbocycles. The van der Waals surface area contributed by atoms with E-state index in [1.165, 1.54) is 82.4 Å². The Balaban J connectivity index is 3.61. The molecule has 34 heavy (non-hydrogen) atoms. The summed E-state index contributed by atoms with van der Waals surface area (Å²) in [6.45, 7) is 7.62. The van der Waals surface area contributed by atoms with E-state index in [2.05, 4.69) is 12.2 Å². The largest absolute Gasteiger partial charge is 0.480 e. The molecule has 0 radical (unpaired) electrons. The van der Waals surface area contributed by atoms with Crippen molar-refractivity contribution in [1.82, 2.24) is 5.32 Å². The number of carboxylic acids is 1. The molecule has 0 aromatic rings. The van der Waals surface area contributed by atoms with Crippen molar-refractivity contribution in [2.75, 3.05) is 18.1 Å². The van der Waals surface area contributed by atoms with E-state index in [0.29, 0.717) is 12.2 Å². The summed E-state index contributed by atoms with van der Waals surface area (Å²) in [7, 11) is 0. The van der Waals surface area contributed by atoms with Gasteiger partial charge in [0.05, 0.1) is 0 Å². The molecule has 1 atom stereocenters. The van der Waals surface area contributed by atoms with Crippen LogP contribution in [0, 0.1) is 0 Å². The number of carbonyl (C=O) groups excluding carboxylic acids is 2. The van der Waals surface area contributed by atoms with E-state index in [9.17, 15) is 19.5 Å². The van der Waals surface area contributed by atoms with Crippen LogP contribution < -0.4 is 5.32 Å². The number of amides is 1. The van der Waals surface area contributed by atoms with Crippen LogP contribution in [0.15, 0.2) is 0 Å². The summed E-state index contributed by atoms with van der Waals surface area (Å²) < 4.78 is 10.3. The molecule has 0 fully saturated rings. The quantitative estimate of drug-likeness (QED) is 0.132. The van der Waals surface area contributed by atoms with E-state index in [4.69, 9.17) is 9.47 Å². The Bertz CT molecular complexity index is 550. The Morgan fingerprint density at radius 3 is 1.82 bits per heavy atom. The topological polar surface area (TPSA) is 102 Å². The lowest BCUT2D eigenvalue weighted by Crippen LogP contribution is -2.45. The number of hydrogen-bond donors (Lipinski definition) is 2. The first-order chi connectivity index (χ1) is 16.2. The van der Waals surface area contributed by atoms with Gasteiger partial charge in [-0.05, 0) is 27.2 Å². The number of carboxylic acid groups (broad SMARTS) is 1. The molecule has 200 valence electrons. The highest BCUT2D eigenvalue weighted by atomic mass is 32.2. The molecule has 0 heterocycles. The lowest BCUT2D eigenvalue weighted by molar-refractivity contribution is -0.143. The maximum absolute atomic E-state index is 11.8. The van der Waals surface area contributed by atoms with Crippen LogP contribution in [0.5, 0.6) is 0 Å². The third-order valence-electron chi connectivity index (χ3n) is 5.25. The van der Waals surface area contributed by atoms with E-state index in [-0.39, 0.29) is 18.3 Å². The number of esters is 1. The molecule has 8 heteroatoms. The smallest absolute Gasteiger partial charge is 0.408 e. The van der Waals surface area contributed by atoms with E-state index in [1.54, 1.807) is 20.8 Å². The summed E-state index contributed by atoms with van der Waals surface area (Å²) in [4.78, 5) is 34.9. The zero-order valence-corrected chi connectivity index (χ0v) is 22.8. The van der Waals surface area contributed by atoms with Crippen LogP contribution in [-0.2, 0) is 19.1 Å². The van der Waals surface area contributed by atoms with Gasteiger partial charge in [0.1, 0.15) is 18.2 Å². The Morgan fingerprint density at radius 1 is 0.853 bits per heavy atom. The maximum Gasteiger partial charge on any atom is 0.408 e. The number of rotatable bonds is 21. The van der Waals surface area contributed by atoms with Gasteiger partial charge in [-0.25, -0.2) is 9.59 Å². The van der Waals surface area contributed by atoms with Crippen LogP contribution in [0.1, 0.15) is 118 Å². The first-order valence-electron chi connectivity index (χ1n) is 13.1. The van der Waals surface area contributed by atoms with Gasteiger partial charge >= 0.3 is 18.0 Å². The van der Waals surface area contributed by atoms with Crippen molar-refractivity contribution in [2.24, 2.45) is 0 Å². The first-order valence-corrected chi connectivity index (χ1v) is 14.3. The van der Waals surface area contributed by atoms with E-state index < -0.39 is 23.7 Å². The van der Waals surface area contributed by atoms with Crippen molar-refractivity contribution in [3.05, 3.63) is 0 Å². The third kappa shape index (κ3) is 22.4. The fourth-order valence-electron chi connectivity index (χ4n) is 3.40. The lowest BCUT2D eigenvalue weighted by atomic mass is 10.0. The molecule has 0 aliphatic rings. The molecule has 0 aliphatic carbocycles. The molecule has 2 N–H and O–H groups in total. The number of hydrogen-bond acceptors (Lipinski definition) is 6. The Hall–Kier alpha value is -1.44. The van der Waals surface area contributed by atoms with E-state index in [0.717, 1.165) is 12.8 Å².